The highest BCUT2D eigenvalue weighted by Gasteiger charge is 2.27. The van der Waals surface area contributed by atoms with Crippen molar-refractivity contribution >= 4 is 23.4 Å². The quantitative estimate of drug-likeness (QED) is 0.628. The molecular formula is C23H27F2N3O3. The minimum atomic E-state index is -1.08. The van der Waals surface area contributed by atoms with Crippen LogP contribution < -0.4 is 16.0 Å². The zero-order valence-electron chi connectivity index (χ0n) is 18.2. The highest BCUT2D eigenvalue weighted by molar-refractivity contribution is 5.99. The van der Waals surface area contributed by atoms with Crippen LogP contribution in [-0.4, -0.2) is 30.3 Å². The molecule has 8 heteroatoms. The van der Waals surface area contributed by atoms with Crippen molar-refractivity contribution in [1.82, 2.24) is 10.6 Å². The zero-order chi connectivity index (χ0) is 23.3. The van der Waals surface area contributed by atoms with E-state index in [0.29, 0.717) is 5.69 Å². The molecule has 0 unspecified atom stereocenters. The van der Waals surface area contributed by atoms with E-state index in [1.807, 2.05) is 32.9 Å². The van der Waals surface area contributed by atoms with Crippen LogP contribution in [0.3, 0.4) is 0 Å². The first-order chi connectivity index (χ1) is 14.5. The van der Waals surface area contributed by atoms with Gasteiger partial charge in [-0.15, -0.1) is 0 Å². The molecule has 0 saturated carbocycles. The third kappa shape index (κ3) is 6.10. The molecule has 0 bridgehead atoms. The lowest BCUT2D eigenvalue weighted by molar-refractivity contribution is -0.126. The highest BCUT2D eigenvalue weighted by Crippen LogP contribution is 2.21. The molecule has 2 aromatic rings. The van der Waals surface area contributed by atoms with E-state index in [4.69, 9.17) is 0 Å². The van der Waals surface area contributed by atoms with Crippen LogP contribution in [-0.2, 0) is 9.59 Å². The van der Waals surface area contributed by atoms with Crippen molar-refractivity contribution in [2.24, 2.45) is 5.92 Å². The Hall–Kier alpha value is -3.29. The van der Waals surface area contributed by atoms with E-state index < -0.39 is 41.0 Å². The standard InChI is InChI=1S/C23H27F2N3O3/c1-12(2)20(28-22(30)19-16(24)7-6-8-17(19)25)23(31)26-11-18(29)27-21-14(4)9-13(3)10-15(21)5/h6-10,12,20H,11H2,1-5H3,(H,26,31)(H,27,29)(H,28,30)/t20-/m0/s1. The van der Waals surface area contributed by atoms with Gasteiger partial charge < -0.3 is 16.0 Å². The molecule has 0 heterocycles. The van der Waals surface area contributed by atoms with Crippen molar-refractivity contribution in [1.29, 1.82) is 0 Å². The van der Waals surface area contributed by atoms with Gasteiger partial charge in [0.05, 0.1) is 6.54 Å². The summed E-state index contributed by atoms with van der Waals surface area (Å²) in [7, 11) is 0. The van der Waals surface area contributed by atoms with E-state index in [2.05, 4.69) is 16.0 Å². The number of carbonyl (C=O) groups excluding carboxylic acids is 3. The number of hydrogen-bond acceptors (Lipinski definition) is 3. The molecule has 0 aromatic heterocycles. The summed E-state index contributed by atoms with van der Waals surface area (Å²) in [4.78, 5) is 37.2. The molecule has 0 aliphatic rings. The Morgan fingerprint density at radius 1 is 0.968 bits per heavy atom. The number of amides is 3. The van der Waals surface area contributed by atoms with Crippen LogP contribution in [0.5, 0.6) is 0 Å². The highest BCUT2D eigenvalue weighted by atomic mass is 19.1. The molecule has 166 valence electrons. The second kappa shape index (κ2) is 10.1. The maximum Gasteiger partial charge on any atom is 0.257 e. The molecule has 2 rings (SSSR count). The van der Waals surface area contributed by atoms with Gasteiger partial charge in [-0.05, 0) is 49.9 Å². The fraction of sp³-hybridized carbons (Fsp3) is 0.348. The lowest BCUT2D eigenvalue weighted by Gasteiger charge is -2.22. The first kappa shape index (κ1) is 24.0. The molecule has 6 nitrogen and oxygen atoms in total. The normalized spacial score (nSPS) is 11.7. The number of nitrogens with one attached hydrogen (secondary N) is 3. The van der Waals surface area contributed by atoms with Crippen LogP contribution in [0.15, 0.2) is 30.3 Å². The molecule has 0 saturated heterocycles. The minimum Gasteiger partial charge on any atom is -0.345 e. The van der Waals surface area contributed by atoms with Gasteiger partial charge in [0.2, 0.25) is 11.8 Å². The van der Waals surface area contributed by atoms with Crippen LogP contribution in [0, 0.1) is 38.3 Å². The third-order valence-corrected chi connectivity index (χ3v) is 4.79. The van der Waals surface area contributed by atoms with E-state index in [9.17, 15) is 23.2 Å². The van der Waals surface area contributed by atoms with Gasteiger partial charge in [-0.2, -0.15) is 0 Å². The molecule has 3 N–H and O–H groups in total. The van der Waals surface area contributed by atoms with Gasteiger partial charge in [-0.25, -0.2) is 8.78 Å². The Balaban J connectivity index is 2.03. The largest absolute Gasteiger partial charge is 0.345 e. The molecule has 2 aromatic carbocycles. The Morgan fingerprint density at radius 2 is 1.52 bits per heavy atom. The van der Waals surface area contributed by atoms with E-state index in [1.165, 1.54) is 0 Å². The number of rotatable bonds is 7. The van der Waals surface area contributed by atoms with Gasteiger partial charge in [0.1, 0.15) is 23.2 Å². The molecule has 0 fully saturated rings. The average molecular weight is 431 g/mol. The van der Waals surface area contributed by atoms with Gasteiger partial charge in [0.15, 0.2) is 0 Å². The van der Waals surface area contributed by atoms with Crippen molar-refractivity contribution < 1.29 is 23.2 Å². The number of carbonyl (C=O) groups is 3. The Morgan fingerprint density at radius 3 is 2.03 bits per heavy atom. The zero-order valence-corrected chi connectivity index (χ0v) is 18.2. The fourth-order valence-corrected chi connectivity index (χ4v) is 3.30. The van der Waals surface area contributed by atoms with Crippen LogP contribution >= 0.6 is 0 Å². The summed E-state index contributed by atoms with van der Waals surface area (Å²) >= 11 is 0. The van der Waals surface area contributed by atoms with Crippen LogP contribution in [0.2, 0.25) is 0 Å². The van der Waals surface area contributed by atoms with Gasteiger partial charge in [0.25, 0.3) is 5.91 Å². The monoisotopic (exact) mass is 431 g/mol. The number of hydrogen-bond donors (Lipinski definition) is 3. The third-order valence-electron chi connectivity index (χ3n) is 4.79. The average Bonchev–Trinajstić information content (AvgIpc) is 2.66. The molecule has 0 aliphatic carbocycles. The van der Waals surface area contributed by atoms with Gasteiger partial charge in [-0.1, -0.05) is 37.6 Å². The molecule has 0 radical (unpaired) electrons. The molecule has 3 amide bonds. The first-order valence-electron chi connectivity index (χ1n) is 9.91. The van der Waals surface area contributed by atoms with Crippen LogP contribution in [0.4, 0.5) is 14.5 Å². The van der Waals surface area contributed by atoms with Gasteiger partial charge >= 0.3 is 0 Å². The van der Waals surface area contributed by atoms with Crippen LogP contribution in [0.1, 0.15) is 40.9 Å². The summed E-state index contributed by atoms with van der Waals surface area (Å²) in [5.74, 6) is -4.54. The summed E-state index contributed by atoms with van der Waals surface area (Å²) in [6, 6.07) is 5.86. The van der Waals surface area contributed by atoms with Crippen LogP contribution in [0.25, 0.3) is 0 Å². The number of halogens is 2. The van der Waals surface area contributed by atoms with Crippen molar-refractivity contribution in [3.8, 4) is 0 Å². The Labute approximate surface area is 180 Å². The van der Waals surface area contributed by atoms with Crippen molar-refractivity contribution in [2.45, 2.75) is 40.7 Å². The smallest absolute Gasteiger partial charge is 0.257 e. The molecule has 0 spiro atoms. The summed E-state index contributed by atoms with van der Waals surface area (Å²) in [6.07, 6.45) is 0. The van der Waals surface area contributed by atoms with E-state index in [0.717, 1.165) is 34.9 Å². The first-order valence-corrected chi connectivity index (χ1v) is 9.91. The second-order valence-corrected chi connectivity index (χ2v) is 7.83. The Kier molecular flexibility index (Phi) is 7.85. The van der Waals surface area contributed by atoms with Gasteiger partial charge in [-0.3, -0.25) is 14.4 Å². The Bertz CT molecular complexity index is 962. The van der Waals surface area contributed by atoms with Gasteiger partial charge in [0, 0.05) is 5.69 Å². The number of benzene rings is 2. The SMILES string of the molecule is Cc1cc(C)c(NC(=O)CNC(=O)[C@@H](NC(=O)c2c(F)cccc2F)C(C)C)c(C)c1. The minimum absolute atomic E-state index is 0.321. The summed E-state index contributed by atoms with van der Waals surface area (Å²) in [6.45, 7) is 8.72. The molecule has 31 heavy (non-hydrogen) atoms. The van der Waals surface area contributed by atoms with Crippen molar-refractivity contribution in [3.63, 3.8) is 0 Å². The lowest BCUT2D eigenvalue weighted by atomic mass is 10.0. The predicted octanol–water partition coefficient (Wildman–Crippen LogP) is 3.40. The predicted molar refractivity (Wildman–Crippen MR) is 115 cm³/mol. The van der Waals surface area contributed by atoms with E-state index >= 15 is 0 Å². The molecule has 0 aliphatic heterocycles. The van der Waals surface area contributed by atoms with E-state index in [1.54, 1.807) is 13.8 Å². The summed E-state index contributed by atoms with van der Waals surface area (Å²) in [5, 5.41) is 7.59. The summed E-state index contributed by atoms with van der Waals surface area (Å²) in [5.41, 5.74) is 2.79. The number of aryl methyl sites for hydroxylation is 3. The van der Waals surface area contributed by atoms with Crippen molar-refractivity contribution in [2.75, 3.05) is 11.9 Å². The fourth-order valence-electron chi connectivity index (χ4n) is 3.30. The topological polar surface area (TPSA) is 87.3 Å². The number of anilines is 1. The maximum atomic E-state index is 13.9. The van der Waals surface area contributed by atoms with Crippen molar-refractivity contribution in [3.05, 3.63) is 64.2 Å². The summed E-state index contributed by atoms with van der Waals surface area (Å²) < 4.78 is 27.7. The molecule has 1 atom stereocenters. The molecular weight excluding hydrogens is 404 g/mol. The second-order valence-electron chi connectivity index (χ2n) is 7.83. The lowest BCUT2D eigenvalue weighted by Crippen LogP contribution is -2.51. The maximum absolute atomic E-state index is 13.9. The van der Waals surface area contributed by atoms with E-state index in [-0.39, 0.29) is 12.5 Å².